The summed E-state index contributed by atoms with van der Waals surface area (Å²) in [6, 6.07) is 0. The van der Waals surface area contributed by atoms with Gasteiger partial charge in [0.15, 0.2) is 8.32 Å². The minimum absolute atomic E-state index is 0.257. The van der Waals surface area contributed by atoms with Gasteiger partial charge in [-0.3, -0.25) is 0 Å². The van der Waals surface area contributed by atoms with E-state index < -0.39 is 14.9 Å². The third-order valence-electron chi connectivity index (χ3n) is 4.20. The lowest BCUT2D eigenvalue weighted by Gasteiger charge is -2.36. The van der Waals surface area contributed by atoms with E-state index in [2.05, 4.69) is 33.9 Å². The molecule has 0 fully saturated rings. The number of aliphatic hydroxyl groups is 1. The Hall–Kier alpha value is 0.137. The molecule has 0 unspecified atom stereocenters. The van der Waals surface area contributed by atoms with Crippen LogP contribution in [0.3, 0.4) is 0 Å². The van der Waals surface area contributed by atoms with Crippen molar-refractivity contribution >= 4 is 8.32 Å². The molecule has 116 valence electrons. The highest BCUT2D eigenvalue weighted by Gasteiger charge is 2.36. The van der Waals surface area contributed by atoms with Crippen molar-refractivity contribution in [3.8, 4) is 0 Å². The van der Waals surface area contributed by atoms with Crippen LogP contribution in [0.4, 0.5) is 0 Å². The molecule has 0 aliphatic carbocycles. The molecule has 1 N–H and O–H groups in total. The van der Waals surface area contributed by atoms with Crippen LogP contribution >= 0.6 is 0 Å². The molecule has 0 aromatic carbocycles. The second kappa shape index (κ2) is 9.95. The van der Waals surface area contributed by atoms with Crippen molar-refractivity contribution < 1.29 is 12.3 Å². The number of rotatable bonds is 11. The van der Waals surface area contributed by atoms with Crippen LogP contribution in [0.15, 0.2) is 0 Å². The van der Waals surface area contributed by atoms with Crippen molar-refractivity contribution in [3.63, 3.8) is 0 Å². The SMILES string of the molecule is [2H]C([2H])(O)CCCCCCCCCO[Si](C)(C)C(C)(C)C. The second-order valence-electron chi connectivity index (χ2n) is 6.99. The lowest BCUT2D eigenvalue weighted by Crippen LogP contribution is -2.40. The largest absolute Gasteiger partial charge is 0.417 e. The molecule has 0 heterocycles. The van der Waals surface area contributed by atoms with Crippen molar-refractivity contribution in [3.05, 3.63) is 0 Å². The molecule has 0 bridgehead atoms. The van der Waals surface area contributed by atoms with Gasteiger partial charge in [-0.25, -0.2) is 0 Å². The second-order valence-corrected chi connectivity index (χ2v) is 11.8. The van der Waals surface area contributed by atoms with Crippen molar-refractivity contribution in [2.75, 3.05) is 13.2 Å². The first kappa shape index (κ1) is 15.5. The van der Waals surface area contributed by atoms with Gasteiger partial charge >= 0.3 is 0 Å². The van der Waals surface area contributed by atoms with Gasteiger partial charge in [-0.15, -0.1) is 0 Å². The maximum atomic E-state index is 8.96. The Labute approximate surface area is 124 Å². The van der Waals surface area contributed by atoms with E-state index in [1.807, 2.05) is 0 Å². The van der Waals surface area contributed by atoms with E-state index in [1.54, 1.807) is 0 Å². The van der Waals surface area contributed by atoms with Gasteiger partial charge in [-0.1, -0.05) is 59.3 Å². The summed E-state index contributed by atoms with van der Waals surface area (Å²) in [5, 5.41) is 9.26. The number of unbranched alkanes of at least 4 members (excludes halogenated alkanes) is 6. The molecule has 0 spiro atoms. The molecule has 0 saturated carbocycles. The average molecular weight is 291 g/mol. The fourth-order valence-corrected chi connectivity index (χ4v) is 2.82. The van der Waals surface area contributed by atoms with Gasteiger partial charge in [0.25, 0.3) is 0 Å². The Balaban J connectivity index is 3.42. The van der Waals surface area contributed by atoms with Crippen LogP contribution in [0.25, 0.3) is 0 Å². The van der Waals surface area contributed by atoms with Crippen molar-refractivity contribution in [2.45, 2.75) is 90.3 Å². The summed E-state index contributed by atoms with van der Waals surface area (Å²) in [5.74, 6) is 0. The van der Waals surface area contributed by atoms with Crippen LogP contribution in [0.1, 0.15) is 74.9 Å². The van der Waals surface area contributed by atoms with Gasteiger partial charge in [-0.2, -0.15) is 0 Å². The molecule has 0 aliphatic rings. The van der Waals surface area contributed by atoms with E-state index in [4.69, 9.17) is 12.3 Å². The molecule has 0 radical (unpaired) electrons. The van der Waals surface area contributed by atoms with Crippen LogP contribution in [0.2, 0.25) is 18.1 Å². The van der Waals surface area contributed by atoms with E-state index >= 15 is 0 Å². The van der Waals surface area contributed by atoms with E-state index in [9.17, 15) is 0 Å². The number of hydrogen-bond donors (Lipinski definition) is 1. The van der Waals surface area contributed by atoms with E-state index in [0.29, 0.717) is 5.04 Å². The van der Waals surface area contributed by atoms with E-state index in [1.165, 1.54) is 19.3 Å². The first-order valence-corrected chi connectivity index (χ1v) is 10.7. The summed E-state index contributed by atoms with van der Waals surface area (Å²) in [6.07, 6.45) is 7.98. The third kappa shape index (κ3) is 9.64. The summed E-state index contributed by atoms with van der Waals surface area (Å²) < 4.78 is 20.2. The van der Waals surface area contributed by atoms with Gasteiger partial charge in [0.2, 0.25) is 0 Å². The molecule has 0 rings (SSSR count). The maximum absolute atomic E-state index is 8.96. The molecule has 0 aromatic rings. The van der Waals surface area contributed by atoms with Gasteiger partial charge in [-0.05, 0) is 31.0 Å². The van der Waals surface area contributed by atoms with Crippen LogP contribution in [-0.2, 0) is 4.43 Å². The standard InChI is InChI=1S/C16H36O2Si/c1-16(2,3)19(4,5)18-15-13-11-9-7-6-8-10-12-14-17/h17H,6-15H2,1-5H3/i14D2. The van der Waals surface area contributed by atoms with Crippen molar-refractivity contribution in [1.82, 2.24) is 0 Å². The molecule has 0 aliphatic heterocycles. The highest BCUT2D eigenvalue weighted by atomic mass is 28.4. The van der Waals surface area contributed by atoms with Crippen LogP contribution in [0, 0.1) is 0 Å². The quantitative estimate of drug-likeness (QED) is 0.422. The minimum atomic E-state index is -1.99. The lowest BCUT2D eigenvalue weighted by molar-refractivity contribution is 0.276. The van der Waals surface area contributed by atoms with Crippen molar-refractivity contribution in [2.24, 2.45) is 0 Å². The normalized spacial score (nSPS) is 15.3. The zero-order valence-corrected chi connectivity index (χ0v) is 14.7. The van der Waals surface area contributed by atoms with Crippen LogP contribution in [-0.4, -0.2) is 26.6 Å². The monoisotopic (exact) mass is 290 g/mol. The Morgan fingerprint density at radius 1 is 0.895 bits per heavy atom. The average Bonchev–Trinajstić information content (AvgIpc) is 2.28. The highest BCUT2D eigenvalue weighted by molar-refractivity contribution is 6.74. The molecule has 0 aromatic heterocycles. The Morgan fingerprint density at radius 2 is 1.32 bits per heavy atom. The molecule has 3 heteroatoms. The topological polar surface area (TPSA) is 29.5 Å². The lowest BCUT2D eigenvalue weighted by atomic mass is 10.1. The van der Waals surface area contributed by atoms with Crippen molar-refractivity contribution in [1.29, 1.82) is 0 Å². The third-order valence-corrected chi connectivity index (χ3v) is 8.74. The maximum Gasteiger partial charge on any atom is 0.191 e. The predicted octanol–water partition coefficient (Wildman–Crippen LogP) is 5.12. The number of hydrogen-bond acceptors (Lipinski definition) is 2. The molecule has 2 nitrogen and oxygen atoms in total. The van der Waals surface area contributed by atoms with Gasteiger partial charge in [0, 0.05) is 13.2 Å². The van der Waals surface area contributed by atoms with E-state index in [-0.39, 0.29) is 6.42 Å². The molecule has 0 saturated heterocycles. The van der Waals surface area contributed by atoms with Crippen LogP contribution < -0.4 is 0 Å². The zero-order valence-electron chi connectivity index (χ0n) is 15.7. The Kier molecular flexibility index (Phi) is 8.13. The fraction of sp³-hybridized carbons (Fsp3) is 1.00. The van der Waals surface area contributed by atoms with Gasteiger partial charge < -0.3 is 9.53 Å². The summed E-state index contributed by atoms with van der Waals surface area (Å²) >= 11 is 0. The molecule has 19 heavy (non-hydrogen) atoms. The Bertz CT molecular complexity index is 270. The van der Waals surface area contributed by atoms with Gasteiger partial charge in [0.05, 0.1) is 2.74 Å². The first-order valence-electron chi connectivity index (χ1n) is 8.82. The highest BCUT2D eigenvalue weighted by Crippen LogP contribution is 2.36. The van der Waals surface area contributed by atoms with Crippen LogP contribution in [0.5, 0.6) is 0 Å². The summed E-state index contributed by atoms with van der Waals surface area (Å²) in [7, 11) is -1.57. The molecule has 0 atom stereocenters. The molecular formula is C16H36O2Si. The minimum Gasteiger partial charge on any atom is -0.417 e. The predicted molar refractivity (Wildman–Crippen MR) is 87.2 cm³/mol. The fourth-order valence-electron chi connectivity index (χ4n) is 1.73. The van der Waals surface area contributed by atoms with E-state index in [0.717, 1.165) is 32.3 Å². The molecular weight excluding hydrogens is 252 g/mol. The Morgan fingerprint density at radius 3 is 1.74 bits per heavy atom. The smallest absolute Gasteiger partial charge is 0.191 e. The summed E-state index contributed by atoms with van der Waals surface area (Å²) in [4.78, 5) is 0. The summed E-state index contributed by atoms with van der Waals surface area (Å²) in [6.45, 7) is 10.3. The zero-order chi connectivity index (χ0) is 16.6. The summed E-state index contributed by atoms with van der Waals surface area (Å²) in [5.41, 5.74) is 0. The van der Waals surface area contributed by atoms with Gasteiger partial charge in [0.1, 0.15) is 0 Å². The first-order chi connectivity index (χ1) is 9.46. The molecule has 0 amide bonds.